The van der Waals surface area contributed by atoms with Crippen molar-refractivity contribution in [2.24, 2.45) is 0 Å². The lowest BCUT2D eigenvalue weighted by Gasteiger charge is -2.21. The number of nitrogens with zero attached hydrogens (tertiary/aromatic N) is 1. The summed E-state index contributed by atoms with van der Waals surface area (Å²) in [7, 11) is 3.39. The van der Waals surface area contributed by atoms with Crippen LogP contribution in [0.2, 0.25) is 0 Å². The summed E-state index contributed by atoms with van der Waals surface area (Å²) in [5.74, 6) is 0. The molecule has 1 aromatic carbocycles. The number of ether oxygens (including phenoxy) is 1. The van der Waals surface area contributed by atoms with Gasteiger partial charge in [0.05, 0.1) is 16.9 Å². The van der Waals surface area contributed by atoms with Gasteiger partial charge in [-0.15, -0.1) is 0 Å². The van der Waals surface area contributed by atoms with Gasteiger partial charge >= 0.3 is 6.18 Å². The number of halogens is 3. The Kier molecular flexibility index (Phi) is 4.84. The van der Waals surface area contributed by atoms with Crippen LogP contribution < -0.4 is 10.6 Å². The zero-order valence-electron chi connectivity index (χ0n) is 10.4. The number of nitrogen functional groups attached to an aromatic ring is 1. The summed E-state index contributed by atoms with van der Waals surface area (Å²) in [5, 5.41) is 0. The van der Waals surface area contributed by atoms with Crippen molar-refractivity contribution in [3.8, 4) is 0 Å². The molecule has 6 heteroatoms. The lowest BCUT2D eigenvalue weighted by atomic mass is 10.1. The summed E-state index contributed by atoms with van der Waals surface area (Å²) in [6.07, 6.45) is -3.57. The van der Waals surface area contributed by atoms with Crippen LogP contribution in [0.1, 0.15) is 12.0 Å². The Labute approximate surface area is 104 Å². The van der Waals surface area contributed by atoms with E-state index in [0.717, 1.165) is 18.6 Å². The molecule has 0 radical (unpaired) electrons. The van der Waals surface area contributed by atoms with Crippen molar-refractivity contribution >= 4 is 11.4 Å². The van der Waals surface area contributed by atoms with E-state index < -0.39 is 11.7 Å². The maximum Gasteiger partial charge on any atom is 0.416 e. The first-order valence-corrected chi connectivity index (χ1v) is 5.53. The van der Waals surface area contributed by atoms with Gasteiger partial charge in [-0.05, 0) is 24.6 Å². The molecule has 0 saturated carbocycles. The van der Waals surface area contributed by atoms with Gasteiger partial charge in [-0.25, -0.2) is 0 Å². The molecule has 0 bridgehead atoms. The molecule has 0 aliphatic heterocycles. The third kappa shape index (κ3) is 3.80. The van der Waals surface area contributed by atoms with Gasteiger partial charge in [0.2, 0.25) is 0 Å². The Morgan fingerprint density at radius 2 is 2.00 bits per heavy atom. The van der Waals surface area contributed by atoms with Crippen LogP contribution in [0.25, 0.3) is 0 Å². The van der Waals surface area contributed by atoms with E-state index in [1.54, 1.807) is 14.2 Å². The molecule has 3 nitrogen and oxygen atoms in total. The second-order valence-electron chi connectivity index (χ2n) is 4.04. The first-order chi connectivity index (χ1) is 8.36. The van der Waals surface area contributed by atoms with Gasteiger partial charge in [0.25, 0.3) is 0 Å². The summed E-state index contributed by atoms with van der Waals surface area (Å²) in [4.78, 5) is 1.81. The Morgan fingerprint density at radius 1 is 1.33 bits per heavy atom. The van der Waals surface area contributed by atoms with Gasteiger partial charge in [-0.1, -0.05) is 0 Å². The molecule has 18 heavy (non-hydrogen) atoms. The predicted molar refractivity (Wildman–Crippen MR) is 65.6 cm³/mol. The third-order valence-corrected chi connectivity index (χ3v) is 2.61. The summed E-state index contributed by atoms with van der Waals surface area (Å²) in [5.41, 5.74) is 5.65. The fraction of sp³-hybridized carbons (Fsp3) is 0.500. The third-order valence-electron chi connectivity index (χ3n) is 2.61. The maximum atomic E-state index is 12.5. The topological polar surface area (TPSA) is 38.5 Å². The molecule has 0 amide bonds. The van der Waals surface area contributed by atoms with Gasteiger partial charge < -0.3 is 15.4 Å². The van der Waals surface area contributed by atoms with Crippen LogP contribution in [0.5, 0.6) is 0 Å². The molecule has 1 aromatic rings. The van der Waals surface area contributed by atoms with Crippen molar-refractivity contribution in [3.05, 3.63) is 23.8 Å². The van der Waals surface area contributed by atoms with Crippen LogP contribution in [0.15, 0.2) is 18.2 Å². The quantitative estimate of drug-likeness (QED) is 0.655. The molecule has 0 saturated heterocycles. The molecular formula is C12H17F3N2O. The van der Waals surface area contributed by atoms with E-state index in [1.807, 2.05) is 4.90 Å². The van der Waals surface area contributed by atoms with Crippen molar-refractivity contribution in [2.75, 3.05) is 37.9 Å². The molecule has 0 spiro atoms. The molecule has 0 unspecified atom stereocenters. The zero-order valence-corrected chi connectivity index (χ0v) is 10.4. The molecule has 0 heterocycles. The molecule has 0 fully saturated rings. The van der Waals surface area contributed by atoms with Crippen molar-refractivity contribution in [1.29, 1.82) is 0 Å². The summed E-state index contributed by atoms with van der Waals surface area (Å²) < 4.78 is 42.3. The number of alkyl halides is 3. The first-order valence-electron chi connectivity index (χ1n) is 5.53. The molecule has 0 atom stereocenters. The van der Waals surface area contributed by atoms with Crippen LogP contribution in [0.3, 0.4) is 0 Å². The predicted octanol–water partition coefficient (Wildman–Crippen LogP) is 2.76. The highest BCUT2D eigenvalue weighted by molar-refractivity contribution is 5.68. The Morgan fingerprint density at radius 3 is 2.50 bits per heavy atom. The van der Waals surface area contributed by atoms with Gasteiger partial charge in [0.15, 0.2) is 0 Å². The largest absolute Gasteiger partial charge is 0.416 e. The summed E-state index contributed by atoms with van der Waals surface area (Å²) in [6.45, 7) is 1.27. The van der Waals surface area contributed by atoms with E-state index in [9.17, 15) is 13.2 Å². The van der Waals surface area contributed by atoms with Gasteiger partial charge in [-0.3, -0.25) is 0 Å². The Balaban J connectivity index is 2.79. The van der Waals surface area contributed by atoms with Gasteiger partial charge in [0.1, 0.15) is 0 Å². The van der Waals surface area contributed by atoms with E-state index in [-0.39, 0.29) is 5.69 Å². The van der Waals surface area contributed by atoms with Crippen molar-refractivity contribution < 1.29 is 17.9 Å². The molecular weight excluding hydrogens is 245 g/mol. The van der Waals surface area contributed by atoms with Crippen LogP contribution in [-0.4, -0.2) is 27.3 Å². The fourth-order valence-corrected chi connectivity index (χ4v) is 1.64. The minimum absolute atomic E-state index is 0.129. The highest BCUT2D eigenvalue weighted by atomic mass is 19.4. The number of nitrogens with two attached hydrogens (primary N) is 1. The standard InChI is InChI=1S/C12H17F3N2O/c1-17(6-3-7-18-2)11-5-4-9(8-10(11)16)12(13,14)15/h4-5,8H,3,6-7,16H2,1-2H3. The minimum Gasteiger partial charge on any atom is -0.397 e. The second-order valence-corrected chi connectivity index (χ2v) is 4.04. The molecule has 1 rings (SSSR count). The number of benzene rings is 1. The van der Waals surface area contributed by atoms with E-state index in [2.05, 4.69) is 0 Å². The van der Waals surface area contributed by atoms with E-state index in [0.29, 0.717) is 18.8 Å². The maximum absolute atomic E-state index is 12.5. The van der Waals surface area contributed by atoms with Crippen molar-refractivity contribution in [1.82, 2.24) is 0 Å². The van der Waals surface area contributed by atoms with E-state index in [4.69, 9.17) is 10.5 Å². The molecule has 0 aromatic heterocycles. The number of methoxy groups -OCH3 is 1. The lowest BCUT2D eigenvalue weighted by Crippen LogP contribution is -2.21. The molecule has 0 aliphatic rings. The van der Waals surface area contributed by atoms with Crippen LogP contribution in [0.4, 0.5) is 24.5 Å². The van der Waals surface area contributed by atoms with Gasteiger partial charge in [0, 0.05) is 27.3 Å². The molecule has 0 aliphatic carbocycles. The molecule has 102 valence electrons. The lowest BCUT2D eigenvalue weighted by molar-refractivity contribution is -0.137. The number of rotatable bonds is 5. The number of anilines is 2. The monoisotopic (exact) mass is 262 g/mol. The fourth-order valence-electron chi connectivity index (χ4n) is 1.64. The molecule has 2 N–H and O–H groups in total. The SMILES string of the molecule is COCCCN(C)c1ccc(C(F)(F)F)cc1N. The first kappa shape index (κ1) is 14.6. The van der Waals surface area contributed by atoms with Crippen molar-refractivity contribution in [2.45, 2.75) is 12.6 Å². The Bertz CT molecular complexity index is 393. The second kappa shape index (κ2) is 5.95. The summed E-state index contributed by atoms with van der Waals surface area (Å²) in [6, 6.07) is 3.39. The average molecular weight is 262 g/mol. The normalized spacial score (nSPS) is 11.6. The smallest absolute Gasteiger partial charge is 0.397 e. The number of hydrogen-bond donors (Lipinski definition) is 1. The van der Waals surface area contributed by atoms with E-state index in [1.165, 1.54) is 6.07 Å². The van der Waals surface area contributed by atoms with Crippen LogP contribution >= 0.6 is 0 Å². The minimum atomic E-state index is -4.36. The highest BCUT2D eigenvalue weighted by Crippen LogP contribution is 2.33. The average Bonchev–Trinajstić information content (AvgIpc) is 2.27. The Hall–Kier alpha value is -1.43. The number of hydrogen-bond acceptors (Lipinski definition) is 3. The van der Waals surface area contributed by atoms with Crippen molar-refractivity contribution in [3.63, 3.8) is 0 Å². The zero-order chi connectivity index (χ0) is 13.8. The van der Waals surface area contributed by atoms with E-state index >= 15 is 0 Å². The summed E-state index contributed by atoms with van der Waals surface area (Å²) >= 11 is 0. The van der Waals surface area contributed by atoms with Gasteiger partial charge in [-0.2, -0.15) is 13.2 Å². The van der Waals surface area contributed by atoms with Crippen LogP contribution in [0, 0.1) is 0 Å². The van der Waals surface area contributed by atoms with Crippen LogP contribution in [-0.2, 0) is 10.9 Å². The highest BCUT2D eigenvalue weighted by Gasteiger charge is 2.30.